The molecule has 2 heterocycles. The first-order valence-corrected chi connectivity index (χ1v) is 8.97. The van der Waals surface area contributed by atoms with Crippen molar-refractivity contribution in [2.24, 2.45) is 0 Å². The number of carbonyl (C=O) groups excluding carboxylic acids is 1. The number of nitrogens with one attached hydrogen (secondary N) is 1. The summed E-state index contributed by atoms with van der Waals surface area (Å²) in [5.41, 5.74) is 0.630. The Labute approximate surface area is 161 Å². The second-order valence-corrected chi connectivity index (χ2v) is 6.85. The molecule has 1 N–H and O–H groups in total. The van der Waals surface area contributed by atoms with Crippen LogP contribution in [0.15, 0.2) is 46.2 Å². The number of thioether (sulfide) groups is 1. The smallest absolute Gasteiger partial charge is 0.277 e. The van der Waals surface area contributed by atoms with Crippen molar-refractivity contribution in [2.75, 3.05) is 11.1 Å². The second-order valence-electron chi connectivity index (χ2n) is 4.67. The summed E-state index contributed by atoms with van der Waals surface area (Å²) < 4.78 is 5.51. The number of nitrogens with zero attached hydrogens (tertiary/aromatic N) is 3. The van der Waals surface area contributed by atoms with Gasteiger partial charge in [-0.05, 0) is 18.2 Å². The van der Waals surface area contributed by atoms with E-state index in [9.17, 15) is 4.79 Å². The van der Waals surface area contributed by atoms with Gasteiger partial charge in [0, 0.05) is 6.20 Å². The Morgan fingerprint density at radius 2 is 1.96 bits per heavy atom. The normalized spacial score (nSPS) is 10.7. The number of benzene rings is 1. The molecule has 0 fully saturated rings. The molecule has 6 nitrogen and oxygen atoms in total. The molecular formula is C15H9Cl3N4O2S. The molecule has 3 aromatic rings. The molecule has 3 rings (SSSR count). The molecule has 0 saturated carbocycles. The minimum atomic E-state index is -0.320. The van der Waals surface area contributed by atoms with Crippen molar-refractivity contribution in [2.45, 2.75) is 5.22 Å². The van der Waals surface area contributed by atoms with Gasteiger partial charge in [-0.25, -0.2) is 4.98 Å². The molecule has 0 unspecified atom stereocenters. The number of hydrogen-bond donors (Lipinski definition) is 1. The van der Waals surface area contributed by atoms with Crippen LogP contribution in [0.1, 0.15) is 0 Å². The number of rotatable bonds is 5. The van der Waals surface area contributed by atoms with E-state index in [0.717, 1.165) is 11.8 Å². The van der Waals surface area contributed by atoms with Crippen molar-refractivity contribution >= 4 is 58.3 Å². The fraction of sp³-hybridized carbons (Fsp3) is 0.0667. The topological polar surface area (TPSA) is 80.9 Å². The van der Waals surface area contributed by atoms with Crippen molar-refractivity contribution in [1.82, 2.24) is 15.2 Å². The number of pyridine rings is 1. The number of aromatic nitrogens is 3. The predicted molar refractivity (Wildman–Crippen MR) is 98.4 cm³/mol. The van der Waals surface area contributed by atoms with Crippen LogP contribution in [0.2, 0.25) is 15.1 Å². The zero-order valence-corrected chi connectivity index (χ0v) is 15.5. The average molecular weight is 416 g/mol. The van der Waals surface area contributed by atoms with E-state index in [1.165, 1.54) is 12.3 Å². The second kappa shape index (κ2) is 8.05. The lowest BCUT2D eigenvalue weighted by molar-refractivity contribution is -0.113. The summed E-state index contributed by atoms with van der Waals surface area (Å²) in [5, 5.41) is 11.8. The summed E-state index contributed by atoms with van der Waals surface area (Å²) in [7, 11) is 0. The number of anilines is 1. The maximum Gasteiger partial charge on any atom is 0.277 e. The first-order chi connectivity index (χ1) is 12.0. The van der Waals surface area contributed by atoms with Gasteiger partial charge in [-0.15, -0.1) is 10.2 Å². The van der Waals surface area contributed by atoms with Gasteiger partial charge >= 0.3 is 0 Å². The molecule has 25 heavy (non-hydrogen) atoms. The third-order valence-electron chi connectivity index (χ3n) is 2.90. The maximum atomic E-state index is 12.0. The first kappa shape index (κ1) is 18.0. The first-order valence-electron chi connectivity index (χ1n) is 6.85. The van der Waals surface area contributed by atoms with Crippen LogP contribution < -0.4 is 5.32 Å². The molecule has 0 bridgehead atoms. The van der Waals surface area contributed by atoms with E-state index in [1.54, 1.807) is 18.2 Å². The fourth-order valence-electron chi connectivity index (χ4n) is 1.81. The highest BCUT2D eigenvalue weighted by atomic mass is 35.5. The molecule has 0 atom stereocenters. The van der Waals surface area contributed by atoms with Gasteiger partial charge in [-0.2, -0.15) is 0 Å². The molecular weight excluding hydrogens is 407 g/mol. The highest BCUT2D eigenvalue weighted by Crippen LogP contribution is 2.29. The molecule has 0 saturated heterocycles. The highest BCUT2D eigenvalue weighted by molar-refractivity contribution is 7.99. The fourth-order valence-corrected chi connectivity index (χ4v) is 3.02. The Morgan fingerprint density at radius 1 is 1.16 bits per heavy atom. The van der Waals surface area contributed by atoms with Gasteiger partial charge in [0.05, 0.1) is 26.4 Å². The van der Waals surface area contributed by atoms with Gasteiger partial charge in [0.25, 0.3) is 5.22 Å². The van der Waals surface area contributed by atoms with E-state index in [-0.39, 0.29) is 33.6 Å². The molecule has 0 aliphatic rings. The van der Waals surface area contributed by atoms with E-state index >= 15 is 0 Å². The Bertz CT molecular complexity index is 919. The van der Waals surface area contributed by atoms with E-state index in [1.807, 2.05) is 6.07 Å². The summed E-state index contributed by atoms with van der Waals surface area (Å²) >= 11 is 18.9. The van der Waals surface area contributed by atoms with Crippen LogP contribution in [0.5, 0.6) is 0 Å². The minimum Gasteiger partial charge on any atom is -0.411 e. The van der Waals surface area contributed by atoms with Crippen LogP contribution in [0, 0.1) is 0 Å². The standard InChI is InChI=1S/C15H9Cl3N4O2S/c16-8-5-11(18)13(19-6-8)20-12(23)7-25-15-22-21-14(24-15)9-3-1-2-4-10(9)17/h1-6H,7H2,(H,19,20,23). The Hall–Kier alpha value is -1.80. The predicted octanol–water partition coefficient (Wildman–Crippen LogP) is 4.82. The van der Waals surface area contributed by atoms with Crippen LogP contribution in [-0.4, -0.2) is 26.8 Å². The summed E-state index contributed by atoms with van der Waals surface area (Å²) in [6.07, 6.45) is 1.39. The Balaban J connectivity index is 1.60. The third kappa shape index (κ3) is 4.64. The van der Waals surface area contributed by atoms with Crippen LogP contribution >= 0.6 is 46.6 Å². The lowest BCUT2D eigenvalue weighted by Gasteiger charge is -2.05. The van der Waals surface area contributed by atoms with E-state index in [0.29, 0.717) is 15.6 Å². The quantitative estimate of drug-likeness (QED) is 0.602. The van der Waals surface area contributed by atoms with Gasteiger partial charge < -0.3 is 9.73 Å². The highest BCUT2D eigenvalue weighted by Gasteiger charge is 2.14. The number of halogens is 3. The summed E-state index contributed by atoms with van der Waals surface area (Å²) in [6.45, 7) is 0. The Kier molecular flexibility index (Phi) is 5.80. The third-order valence-corrected chi connectivity index (χ3v) is 4.55. The minimum absolute atomic E-state index is 0.0464. The maximum absolute atomic E-state index is 12.0. The van der Waals surface area contributed by atoms with Crippen molar-refractivity contribution in [3.8, 4) is 11.5 Å². The van der Waals surface area contributed by atoms with Gasteiger partial charge in [-0.3, -0.25) is 4.79 Å². The zero-order chi connectivity index (χ0) is 17.8. The van der Waals surface area contributed by atoms with E-state index < -0.39 is 0 Å². The van der Waals surface area contributed by atoms with Crippen LogP contribution in [0.3, 0.4) is 0 Å². The van der Waals surface area contributed by atoms with Gasteiger partial charge in [-0.1, -0.05) is 58.7 Å². The molecule has 0 aliphatic carbocycles. The molecule has 0 radical (unpaired) electrons. The number of carbonyl (C=O) groups is 1. The zero-order valence-electron chi connectivity index (χ0n) is 12.4. The summed E-state index contributed by atoms with van der Waals surface area (Å²) in [4.78, 5) is 15.9. The molecule has 128 valence electrons. The average Bonchev–Trinajstić information content (AvgIpc) is 3.05. The summed E-state index contributed by atoms with van der Waals surface area (Å²) in [5.74, 6) is 0.249. The van der Waals surface area contributed by atoms with Crippen molar-refractivity contribution in [3.63, 3.8) is 0 Å². The van der Waals surface area contributed by atoms with Gasteiger partial charge in [0.2, 0.25) is 11.8 Å². The van der Waals surface area contributed by atoms with Crippen molar-refractivity contribution < 1.29 is 9.21 Å². The van der Waals surface area contributed by atoms with E-state index in [2.05, 4.69) is 20.5 Å². The largest absolute Gasteiger partial charge is 0.411 e. The SMILES string of the molecule is O=C(CSc1nnc(-c2ccccc2Cl)o1)Nc1ncc(Cl)cc1Cl. The van der Waals surface area contributed by atoms with Crippen LogP contribution in [0.4, 0.5) is 5.82 Å². The monoisotopic (exact) mass is 414 g/mol. The van der Waals surface area contributed by atoms with E-state index in [4.69, 9.17) is 39.2 Å². The van der Waals surface area contributed by atoms with Crippen molar-refractivity contribution in [3.05, 3.63) is 51.6 Å². The van der Waals surface area contributed by atoms with Gasteiger partial charge in [0.1, 0.15) is 0 Å². The van der Waals surface area contributed by atoms with Crippen LogP contribution in [-0.2, 0) is 4.79 Å². The molecule has 0 aliphatic heterocycles. The Morgan fingerprint density at radius 3 is 2.72 bits per heavy atom. The molecule has 2 aromatic heterocycles. The molecule has 1 amide bonds. The molecule has 1 aromatic carbocycles. The molecule has 10 heteroatoms. The molecule has 0 spiro atoms. The lowest BCUT2D eigenvalue weighted by Crippen LogP contribution is -2.15. The summed E-state index contributed by atoms with van der Waals surface area (Å²) in [6, 6.07) is 8.61. The van der Waals surface area contributed by atoms with Gasteiger partial charge in [0.15, 0.2) is 5.82 Å². The number of amides is 1. The van der Waals surface area contributed by atoms with Crippen LogP contribution in [0.25, 0.3) is 11.5 Å². The number of hydrogen-bond acceptors (Lipinski definition) is 6. The van der Waals surface area contributed by atoms with Crippen molar-refractivity contribution in [1.29, 1.82) is 0 Å². The lowest BCUT2D eigenvalue weighted by atomic mass is 10.2.